The molecule has 2 aromatic carbocycles. The normalized spacial score (nSPS) is 13.4. The van der Waals surface area contributed by atoms with E-state index in [9.17, 15) is 9.59 Å². The second-order valence-electron chi connectivity index (χ2n) is 5.92. The van der Waals surface area contributed by atoms with Crippen molar-refractivity contribution < 1.29 is 9.59 Å². The quantitative estimate of drug-likeness (QED) is 0.830. The molecule has 0 atom stereocenters. The van der Waals surface area contributed by atoms with Crippen LogP contribution in [0.3, 0.4) is 0 Å². The molecule has 0 heterocycles. The highest BCUT2D eigenvalue weighted by atomic mass is 32.2. The van der Waals surface area contributed by atoms with Gasteiger partial charge in [-0.3, -0.25) is 9.59 Å². The number of nitrogens with one attached hydrogen (secondary N) is 2. The zero-order valence-corrected chi connectivity index (χ0v) is 14.4. The van der Waals surface area contributed by atoms with Gasteiger partial charge in [0.15, 0.2) is 0 Å². The third-order valence-corrected chi connectivity index (χ3v) is 4.51. The Labute approximate surface area is 146 Å². The summed E-state index contributed by atoms with van der Waals surface area (Å²) >= 11 is 1.75. The van der Waals surface area contributed by atoms with Crippen LogP contribution in [0.1, 0.15) is 28.8 Å². The summed E-state index contributed by atoms with van der Waals surface area (Å²) < 4.78 is 0. The van der Waals surface area contributed by atoms with Gasteiger partial charge in [-0.15, -0.1) is 0 Å². The van der Waals surface area contributed by atoms with Crippen molar-refractivity contribution in [1.82, 2.24) is 0 Å². The zero-order chi connectivity index (χ0) is 16.9. The molecule has 0 unspecified atom stereocenters. The lowest BCUT2D eigenvalue weighted by molar-refractivity contribution is -0.117. The van der Waals surface area contributed by atoms with Gasteiger partial charge in [0.05, 0.1) is 0 Å². The summed E-state index contributed by atoms with van der Waals surface area (Å²) in [4.78, 5) is 24.0. The maximum absolute atomic E-state index is 12.3. The van der Waals surface area contributed by atoms with Gasteiger partial charge >= 0.3 is 0 Å². The van der Waals surface area contributed by atoms with Crippen LogP contribution in [0.25, 0.3) is 0 Å². The van der Waals surface area contributed by atoms with Gasteiger partial charge in [0.25, 0.3) is 5.91 Å². The fraction of sp³-hybridized carbons (Fsp3) is 0.263. The minimum atomic E-state index is -0.138. The van der Waals surface area contributed by atoms with Crippen LogP contribution in [0.2, 0.25) is 0 Å². The van der Waals surface area contributed by atoms with E-state index >= 15 is 0 Å². The Balaban J connectivity index is 1.58. The van der Waals surface area contributed by atoms with Crippen LogP contribution < -0.4 is 10.6 Å². The van der Waals surface area contributed by atoms with E-state index in [0.717, 1.165) is 24.3 Å². The molecular weight excluding hydrogens is 320 g/mol. The van der Waals surface area contributed by atoms with Crippen molar-refractivity contribution in [2.24, 2.45) is 5.92 Å². The Hall–Kier alpha value is -2.27. The lowest BCUT2D eigenvalue weighted by Crippen LogP contribution is -2.14. The molecule has 24 heavy (non-hydrogen) atoms. The first-order chi connectivity index (χ1) is 11.7. The maximum atomic E-state index is 12.3. The van der Waals surface area contributed by atoms with Gasteiger partial charge in [-0.05, 0) is 61.1 Å². The van der Waals surface area contributed by atoms with Crippen molar-refractivity contribution in [2.45, 2.75) is 18.6 Å². The number of amides is 2. The Morgan fingerprint density at radius 3 is 2.08 bits per heavy atom. The number of hydrogen-bond donors (Lipinski definition) is 2. The first-order valence-electron chi connectivity index (χ1n) is 7.96. The van der Waals surface area contributed by atoms with Crippen LogP contribution in [0.5, 0.6) is 0 Å². The standard InChI is InChI=1S/C19H20N2O2S/c1-24-12-13-2-4-14(5-3-13)18(22)20-16-8-10-17(11-9-16)21-19(23)15-6-7-15/h2-5,8-11,15H,6-7,12H2,1H3,(H,20,22)(H,21,23). The Morgan fingerprint density at radius 2 is 1.54 bits per heavy atom. The Kier molecular flexibility index (Phi) is 5.20. The molecule has 0 spiro atoms. The molecule has 2 N–H and O–H groups in total. The molecule has 0 radical (unpaired) electrons. The van der Waals surface area contributed by atoms with Crippen LogP contribution in [-0.2, 0) is 10.5 Å². The molecule has 5 heteroatoms. The summed E-state index contributed by atoms with van der Waals surface area (Å²) in [6.07, 6.45) is 4.02. The van der Waals surface area contributed by atoms with Crippen LogP contribution in [0, 0.1) is 5.92 Å². The summed E-state index contributed by atoms with van der Waals surface area (Å²) in [5.74, 6) is 1.06. The smallest absolute Gasteiger partial charge is 0.255 e. The average Bonchev–Trinajstić information content (AvgIpc) is 3.42. The number of hydrogen-bond acceptors (Lipinski definition) is 3. The summed E-state index contributed by atoms with van der Waals surface area (Å²) in [6, 6.07) is 14.8. The van der Waals surface area contributed by atoms with Gasteiger partial charge < -0.3 is 10.6 Å². The van der Waals surface area contributed by atoms with Crippen molar-refractivity contribution in [3.05, 3.63) is 59.7 Å². The summed E-state index contributed by atoms with van der Waals surface area (Å²) in [5.41, 5.74) is 3.30. The first kappa shape index (κ1) is 16.6. The number of thioether (sulfide) groups is 1. The van der Waals surface area contributed by atoms with Gasteiger partial charge in [0.2, 0.25) is 5.91 Å². The molecule has 0 aromatic heterocycles. The topological polar surface area (TPSA) is 58.2 Å². The van der Waals surface area contributed by atoms with Gasteiger partial charge in [-0.1, -0.05) is 12.1 Å². The SMILES string of the molecule is CSCc1ccc(C(=O)Nc2ccc(NC(=O)C3CC3)cc2)cc1. The number of anilines is 2. The third-order valence-electron chi connectivity index (χ3n) is 3.89. The second-order valence-corrected chi connectivity index (χ2v) is 6.79. The minimum Gasteiger partial charge on any atom is -0.326 e. The number of benzene rings is 2. The van der Waals surface area contributed by atoms with E-state index in [4.69, 9.17) is 0 Å². The van der Waals surface area contributed by atoms with Crippen LogP contribution in [-0.4, -0.2) is 18.1 Å². The van der Waals surface area contributed by atoms with Crippen molar-refractivity contribution in [3.63, 3.8) is 0 Å². The van der Waals surface area contributed by atoms with Crippen molar-refractivity contribution >= 4 is 35.0 Å². The predicted molar refractivity (Wildman–Crippen MR) is 99.4 cm³/mol. The molecule has 4 nitrogen and oxygen atoms in total. The lowest BCUT2D eigenvalue weighted by atomic mass is 10.1. The zero-order valence-electron chi connectivity index (χ0n) is 13.5. The number of rotatable bonds is 6. The summed E-state index contributed by atoms with van der Waals surface area (Å²) in [7, 11) is 0. The van der Waals surface area contributed by atoms with Gasteiger partial charge in [-0.2, -0.15) is 11.8 Å². The second kappa shape index (κ2) is 7.53. The lowest BCUT2D eigenvalue weighted by Gasteiger charge is -2.08. The molecule has 1 saturated carbocycles. The number of carbonyl (C=O) groups is 2. The first-order valence-corrected chi connectivity index (χ1v) is 9.35. The van der Waals surface area contributed by atoms with Crippen LogP contribution >= 0.6 is 11.8 Å². The fourth-order valence-corrected chi connectivity index (χ4v) is 2.87. The average molecular weight is 340 g/mol. The maximum Gasteiger partial charge on any atom is 0.255 e. The van der Waals surface area contributed by atoms with Crippen LogP contribution in [0.15, 0.2) is 48.5 Å². The van der Waals surface area contributed by atoms with E-state index in [1.165, 1.54) is 5.56 Å². The molecule has 124 valence electrons. The molecule has 2 aromatic rings. The Morgan fingerprint density at radius 1 is 0.958 bits per heavy atom. The number of carbonyl (C=O) groups excluding carboxylic acids is 2. The van der Waals surface area contributed by atoms with E-state index in [2.05, 4.69) is 16.9 Å². The molecule has 0 saturated heterocycles. The van der Waals surface area contributed by atoms with E-state index in [1.807, 2.05) is 24.3 Å². The molecule has 1 aliphatic rings. The highest BCUT2D eigenvalue weighted by Crippen LogP contribution is 2.30. The van der Waals surface area contributed by atoms with Crippen molar-refractivity contribution in [3.8, 4) is 0 Å². The summed E-state index contributed by atoms with van der Waals surface area (Å²) in [5, 5.41) is 5.75. The monoisotopic (exact) mass is 340 g/mol. The van der Waals surface area contributed by atoms with E-state index in [0.29, 0.717) is 11.3 Å². The predicted octanol–water partition coefficient (Wildman–Crippen LogP) is 4.15. The molecule has 2 amide bonds. The fourth-order valence-electron chi connectivity index (χ4n) is 2.35. The van der Waals surface area contributed by atoms with Gasteiger partial charge in [-0.25, -0.2) is 0 Å². The van der Waals surface area contributed by atoms with E-state index in [1.54, 1.807) is 36.0 Å². The summed E-state index contributed by atoms with van der Waals surface area (Å²) in [6.45, 7) is 0. The molecule has 0 aliphatic heterocycles. The van der Waals surface area contributed by atoms with Gasteiger partial charge in [0.1, 0.15) is 0 Å². The van der Waals surface area contributed by atoms with Crippen molar-refractivity contribution in [2.75, 3.05) is 16.9 Å². The van der Waals surface area contributed by atoms with Gasteiger partial charge in [0, 0.05) is 28.6 Å². The minimum absolute atomic E-state index is 0.0807. The Bertz CT molecular complexity index is 722. The molecule has 3 rings (SSSR count). The van der Waals surface area contributed by atoms with Crippen molar-refractivity contribution in [1.29, 1.82) is 0 Å². The largest absolute Gasteiger partial charge is 0.326 e. The van der Waals surface area contributed by atoms with E-state index < -0.39 is 0 Å². The highest BCUT2D eigenvalue weighted by Gasteiger charge is 2.29. The molecular formula is C19H20N2O2S. The molecule has 1 fully saturated rings. The van der Waals surface area contributed by atoms with Crippen LogP contribution in [0.4, 0.5) is 11.4 Å². The van der Waals surface area contributed by atoms with E-state index in [-0.39, 0.29) is 17.7 Å². The third kappa shape index (κ3) is 4.38. The molecule has 1 aliphatic carbocycles. The molecule has 0 bridgehead atoms. The highest BCUT2D eigenvalue weighted by molar-refractivity contribution is 7.97.